The fraction of sp³-hybridized carbons (Fsp3) is 0.619. The van der Waals surface area contributed by atoms with Gasteiger partial charge in [0.1, 0.15) is 0 Å². The molecule has 0 unspecified atom stereocenters. The lowest BCUT2D eigenvalue weighted by molar-refractivity contribution is -0.144. The molecule has 5 nitrogen and oxygen atoms in total. The average molecular weight is 390 g/mol. The summed E-state index contributed by atoms with van der Waals surface area (Å²) in [5.74, 6) is 0.107. The first-order valence-electron chi connectivity index (χ1n) is 10.1. The number of amides is 2. The molecule has 1 aromatic rings. The van der Waals surface area contributed by atoms with E-state index < -0.39 is 0 Å². The normalized spacial score (nSPS) is 23.5. The Kier molecular flexibility index (Phi) is 5.17. The summed E-state index contributed by atoms with van der Waals surface area (Å²) in [6.07, 6.45) is 5.53. The maximum absolute atomic E-state index is 13.0. The van der Waals surface area contributed by atoms with Gasteiger partial charge < -0.3 is 4.90 Å². The van der Waals surface area contributed by atoms with Gasteiger partial charge in [-0.2, -0.15) is 0 Å². The van der Waals surface area contributed by atoms with E-state index in [1.54, 1.807) is 0 Å². The molecular formula is C21H28ClN3O2. The molecule has 6 heteroatoms. The maximum Gasteiger partial charge on any atom is 0.237 e. The largest absolute Gasteiger partial charge is 0.369 e. The molecule has 0 bridgehead atoms. The van der Waals surface area contributed by atoms with Gasteiger partial charge >= 0.3 is 0 Å². The van der Waals surface area contributed by atoms with Crippen LogP contribution in [-0.4, -0.2) is 54.5 Å². The summed E-state index contributed by atoms with van der Waals surface area (Å²) in [5, 5.41) is 0.754. The molecule has 27 heavy (non-hydrogen) atoms. The number of hydrogen-bond acceptors (Lipinski definition) is 4. The lowest BCUT2D eigenvalue weighted by Crippen LogP contribution is -2.51. The minimum atomic E-state index is -0.380. The van der Waals surface area contributed by atoms with Crippen molar-refractivity contribution in [1.82, 2.24) is 9.80 Å². The van der Waals surface area contributed by atoms with Gasteiger partial charge in [0, 0.05) is 43.3 Å². The summed E-state index contributed by atoms with van der Waals surface area (Å²) in [5.41, 5.74) is 2.02. The number of nitrogens with zero attached hydrogens (tertiary/aromatic N) is 3. The van der Waals surface area contributed by atoms with Gasteiger partial charge in [-0.15, -0.1) is 0 Å². The van der Waals surface area contributed by atoms with Crippen molar-refractivity contribution in [2.75, 3.05) is 37.7 Å². The Bertz CT molecular complexity index is 737. The lowest BCUT2D eigenvalue weighted by Gasteiger charge is -2.38. The first kappa shape index (κ1) is 18.8. The molecule has 2 aliphatic heterocycles. The van der Waals surface area contributed by atoms with Crippen LogP contribution in [0.2, 0.25) is 5.02 Å². The van der Waals surface area contributed by atoms with E-state index in [0.717, 1.165) is 56.9 Å². The SMILES string of the molecule is Cc1ccc(Cl)cc1N1CCN(CN2C(=O)CC3(CCCCC3)C2=O)CC1. The zero-order valence-corrected chi connectivity index (χ0v) is 16.8. The van der Waals surface area contributed by atoms with Crippen molar-refractivity contribution in [2.24, 2.45) is 5.41 Å². The fourth-order valence-corrected chi connectivity index (χ4v) is 5.04. The van der Waals surface area contributed by atoms with E-state index in [1.165, 1.54) is 22.6 Å². The molecule has 1 aliphatic carbocycles. The van der Waals surface area contributed by atoms with Crippen LogP contribution < -0.4 is 4.90 Å². The number of likely N-dealkylation sites (tertiary alicyclic amines) is 1. The molecule has 0 radical (unpaired) electrons. The van der Waals surface area contributed by atoms with Gasteiger partial charge in [0.2, 0.25) is 11.8 Å². The summed E-state index contributed by atoms with van der Waals surface area (Å²) in [6, 6.07) is 5.99. The second-order valence-corrected chi connectivity index (χ2v) is 8.76. The molecule has 0 atom stereocenters. The summed E-state index contributed by atoms with van der Waals surface area (Å²) >= 11 is 6.16. The van der Waals surface area contributed by atoms with Gasteiger partial charge in [-0.1, -0.05) is 36.9 Å². The van der Waals surface area contributed by atoms with Crippen LogP contribution in [0.15, 0.2) is 18.2 Å². The van der Waals surface area contributed by atoms with Crippen LogP contribution in [-0.2, 0) is 9.59 Å². The molecule has 1 spiro atoms. The monoisotopic (exact) mass is 389 g/mol. The third-order valence-corrected chi connectivity index (χ3v) is 6.76. The highest BCUT2D eigenvalue weighted by molar-refractivity contribution is 6.30. The van der Waals surface area contributed by atoms with E-state index in [9.17, 15) is 9.59 Å². The van der Waals surface area contributed by atoms with E-state index in [-0.39, 0.29) is 17.2 Å². The van der Waals surface area contributed by atoms with Crippen LogP contribution >= 0.6 is 11.6 Å². The number of halogens is 1. The molecule has 0 aromatic heterocycles. The highest BCUT2D eigenvalue weighted by Gasteiger charge is 2.51. The van der Waals surface area contributed by atoms with E-state index in [0.29, 0.717) is 13.1 Å². The number of aryl methyl sites for hydroxylation is 1. The number of carbonyl (C=O) groups is 2. The van der Waals surface area contributed by atoms with Gasteiger partial charge in [0.05, 0.1) is 12.1 Å². The van der Waals surface area contributed by atoms with Crippen molar-refractivity contribution >= 4 is 29.1 Å². The van der Waals surface area contributed by atoms with Crippen LogP contribution in [0.3, 0.4) is 0 Å². The van der Waals surface area contributed by atoms with Crippen molar-refractivity contribution in [1.29, 1.82) is 0 Å². The highest BCUT2D eigenvalue weighted by Crippen LogP contribution is 2.45. The molecule has 2 amide bonds. The van der Waals surface area contributed by atoms with Crippen LogP contribution in [0.1, 0.15) is 44.1 Å². The number of carbonyl (C=O) groups excluding carboxylic acids is 2. The van der Waals surface area contributed by atoms with Crippen LogP contribution in [0.5, 0.6) is 0 Å². The molecule has 2 saturated heterocycles. The smallest absolute Gasteiger partial charge is 0.237 e. The van der Waals surface area contributed by atoms with Gasteiger partial charge in [0.25, 0.3) is 0 Å². The number of piperazine rings is 1. The van der Waals surface area contributed by atoms with Crippen LogP contribution in [0.4, 0.5) is 5.69 Å². The molecule has 1 saturated carbocycles. The Balaban J connectivity index is 1.37. The number of hydrogen-bond donors (Lipinski definition) is 0. The first-order chi connectivity index (χ1) is 13.0. The molecule has 3 fully saturated rings. The molecular weight excluding hydrogens is 362 g/mol. The topological polar surface area (TPSA) is 43.9 Å². The van der Waals surface area contributed by atoms with E-state index >= 15 is 0 Å². The Morgan fingerprint density at radius 3 is 2.44 bits per heavy atom. The van der Waals surface area contributed by atoms with Crippen molar-refractivity contribution in [3.63, 3.8) is 0 Å². The highest BCUT2D eigenvalue weighted by atomic mass is 35.5. The van der Waals surface area contributed by atoms with E-state index in [1.807, 2.05) is 12.1 Å². The molecule has 3 aliphatic rings. The number of rotatable bonds is 3. The fourth-order valence-electron chi connectivity index (χ4n) is 4.88. The third-order valence-electron chi connectivity index (χ3n) is 6.53. The van der Waals surface area contributed by atoms with Gasteiger partial charge in [-0.3, -0.25) is 19.4 Å². The molecule has 146 valence electrons. The predicted molar refractivity (Wildman–Crippen MR) is 107 cm³/mol. The van der Waals surface area contributed by atoms with Crippen molar-refractivity contribution < 1.29 is 9.59 Å². The molecule has 2 heterocycles. The Morgan fingerprint density at radius 2 is 1.74 bits per heavy atom. The van der Waals surface area contributed by atoms with Crippen molar-refractivity contribution in [3.8, 4) is 0 Å². The zero-order chi connectivity index (χ0) is 19.0. The molecule has 0 N–H and O–H groups in total. The summed E-state index contributed by atoms with van der Waals surface area (Å²) in [4.78, 5) is 31.6. The summed E-state index contributed by atoms with van der Waals surface area (Å²) in [6.45, 7) is 5.99. The van der Waals surface area contributed by atoms with Gasteiger partial charge in [-0.05, 0) is 37.5 Å². The van der Waals surface area contributed by atoms with Gasteiger partial charge in [-0.25, -0.2) is 0 Å². The summed E-state index contributed by atoms with van der Waals surface area (Å²) in [7, 11) is 0. The third kappa shape index (κ3) is 3.59. The van der Waals surface area contributed by atoms with Crippen LogP contribution in [0.25, 0.3) is 0 Å². The molecule has 4 rings (SSSR count). The number of benzene rings is 1. The minimum absolute atomic E-state index is 0.0232. The summed E-state index contributed by atoms with van der Waals surface area (Å²) < 4.78 is 0. The van der Waals surface area contributed by atoms with Gasteiger partial charge in [0.15, 0.2) is 0 Å². The van der Waals surface area contributed by atoms with Crippen molar-refractivity contribution in [2.45, 2.75) is 45.4 Å². The van der Waals surface area contributed by atoms with Crippen molar-refractivity contribution in [3.05, 3.63) is 28.8 Å². The zero-order valence-electron chi connectivity index (χ0n) is 16.0. The Hall–Kier alpha value is -1.59. The standard InChI is InChI=1S/C21H28ClN3O2/c1-16-5-6-17(22)13-18(16)24-11-9-23(10-12-24)15-25-19(26)14-21(20(25)27)7-3-2-4-8-21/h5-6,13H,2-4,7-12,14-15H2,1H3. The average Bonchev–Trinajstić information content (AvgIpc) is 2.89. The Morgan fingerprint density at radius 1 is 1.04 bits per heavy atom. The molecule has 1 aromatic carbocycles. The second-order valence-electron chi connectivity index (χ2n) is 8.32. The quantitative estimate of drug-likeness (QED) is 0.743. The number of anilines is 1. The van der Waals surface area contributed by atoms with Crippen LogP contribution in [0, 0.1) is 12.3 Å². The van der Waals surface area contributed by atoms with E-state index in [2.05, 4.69) is 22.8 Å². The van der Waals surface area contributed by atoms with E-state index in [4.69, 9.17) is 11.6 Å². The number of imide groups is 1. The maximum atomic E-state index is 13.0. The minimum Gasteiger partial charge on any atom is -0.369 e. The predicted octanol–water partition coefficient (Wildman–Crippen LogP) is 3.44. The lowest BCUT2D eigenvalue weighted by atomic mass is 9.73. The Labute approximate surface area is 166 Å². The first-order valence-corrected chi connectivity index (χ1v) is 10.4. The second kappa shape index (κ2) is 7.44.